The zero-order valence-corrected chi connectivity index (χ0v) is 16.2. The molecular weight excluding hydrogens is 352 g/mol. The molecular formula is C27H20N2. The van der Waals surface area contributed by atoms with Crippen LogP contribution in [-0.4, -0.2) is 9.97 Å². The van der Waals surface area contributed by atoms with E-state index in [2.05, 4.69) is 72.8 Å². The van der Waals surface area contributed by atoms with E-state index in [0.717, 1.165) is 50.2 Å². The Labute approximate surface area is 170 Å². The second-order valence-corrected chi connectivity index (χ2v) is 7.11. The highest BCUT2D eigenvalue weighted by molar-refractivity contribution is 6.01. The van der Waals surface area contributed by atoms with Crippen molar-refractivity contribution in [3.05, 3.63) is 109 Å². The maximum Gasteiger partial charge on any atom is 0.0979 e. The van der Waals surface area contributed by atoms with Gasteiger partial charge in [-0.05, 0) is 18.1 Å². The van der Waals surface area contributed by atoms with Crippen LogP contribution in [0.3, 0.4) is 0 Å². The molecule has 0 bridgehead atoms. The van der Waals surface area contributed by atoms with Crippen LogP contribution in [0.15, 0.2) is 103 Å². The summed E-state index contributed by atoms with van der Waals surface area (Å²) in [5, 5.41) is 0. The molecule has 4 aromatic carbocycles. The van der Waals surface area contributed by atoms with Gasteiger partial charge in [-0.2, -0.15) is 0 Å². The van der Waals surface area contributed by atoms with Gasteiger partial charge in [0.1, 0.15) is 0 Å². The molecule has 0 saturated carbocycles. The minimum Gasteiger partial charge on any atom is -0.249 e. The Hall–Kier alpha value is -3.78. The largest absolute Gasteiger partial charge is 0.249 e. The molecule has 0 spiro atoms. The number of aromatic nitrogens is 2. The van der Waals surface area contributed by atoms with Crippen molar-refractivity contribution in [1.29, 1.82) is 0 Å². The predicted octanol–water partition coefficient (Wildman–Crippen LogP) is 6.94. The summed E-state index contributed by atoms with van der Waals surface area (Å²) in [5.74, 6) is 0. The van der Waals surface area contributed by atoms with Gasteiger partial charge in [0.25, 0.3) is 0 Å². The van der Waals surface area contributed by atoms with E-state index < -0.39 is 0 Å². The maximum atomic E-state index is 5.14. The topological polar surface area (TPSA) is 25.8 Å². The lowest BCUT2D eigenvalue weighted by molar-refractivity contribution is 1.19. The first-order valence-electron chi connectivity index (χ1n) is 9.79. The normalized spacial score (nSPS) is 10.9. The van der Waals surface area contributed by atoms with E-state index in [-0.39, 0.29) is 0 Å². The third-order valence-corrected chi connectivity index (χ3v) is 5.21. The summed E-state index contributed by atoms with van der Waals surface area (Å²) in [5.41, 5.74) is 9.33. The summed E-state index contributed by atoms with van der Waals surface area (Å²) < 4.78 is 0. The Kier molecular flexibility index (Phi) is 4.38. The molecule has 5 rings (SSSR count). The van der Waals surface area contributed by atoms with E-state index in [1.807, 2.05) is 37.3 Å². The molecule has 0 unspecified atom stereocenters. The van der Waals surface area contributed by atoms with E-state index in [1.54, 1.807) is 0 Å². The van der Waals surface area contributed by atoms with Gasteiger partial charge in [-0.3, -0.25) is 0 Å². The van der Waals surface area contributed by atoms with Crippen LogP contribution in [0.1, 0.15) is 5.69 Å². The van der Waals surface area contributed by atoms with Crippen molar-refractivity contribution in [2.45, 2.75) is 6.92 Å². The fourth-order valence-corrected chi connectivity index (χ4v) is 3.79. The Morgan fingerprint density at radius 3 is 1.34 bits per heavy atom. The smallest absolute Gasteiger partial charge is 0.0979 e. The average Bonchev–Trinajstić information content (AvgIpc) is 2.79. The van der Waals surface area contributed by atoms with Crippen LogP contribution >= 0.6 is 0 Å². The first-order valence-corrected chi connectivity index (χ1v) is 9.79. The first kappa shape index (κ1) is 17.3. The van der Waals surface area contributed by atoms with Crippen molar-refractivity contribution in [3.63, 3.8) is 0 Å². The van der Waals surface area contributed by atoms with Crippen molar-refractivity contribution >= 4 is 11.0 Å². The number of rotatable bonds is 3. The lowest BCUT2D eigenvalue weighted by atomic mass is 9.97. The van der Waals surface area contributed by atoms with Crippen molar-refractivity contribution in [2.24, 2.45) is 0 Å². The van der Waals surface area contributed by atoms with Gasteiger partial charge >= 0.3 is 0 Å². The summed E-state index contributed by atoms with van der Waals surface area (Å²) in [6.07, 6.45) is 0. The molecule has 138 valence electrons. The SMILES string of the molecule is Cc1nc2c(-c3ccccc3)ccc(-c3ccccc3)c2nc1-c1ccccc1. The number of aryl methyl sites for hydroxylation is 1. The molecule has 0 saturated heterocycles. The lowest BCUT2D eigenvalue weighted by Crippen LogP contribution is -1.98. The van der Waals surface area contributed by atoms with Crippen molar-refractivity contribution in [1.82, 2.24) is 9.97 Å². The van der Waals surface area contributed by atoms with E-state index in [1.165, 1.54) is 0 Å². The Balaban J connectivity index is 1.84. The third kappa shape index (κ3) is 3.19. The molecule has 0 fully saturated rings. The highest BCUT2D eigenvalue weighted by atomic mass is 14.8. The quantitative estimate of drug-likeness (QED) is 0.343. The van der Waals surface area contributed by atoms with Crippen LogP contribution in [0.2, 0.25) is 0 Å². The average molecular weight is 372 g/mol. The molecule has 0 aliphatic rings. The van der Waals surface area contributed by atoms with E-state index >= 15 is 0 Å². The van der Waals surface area contributed by atoms with Gasteiger partial charge in [-0.25, -0.2) is 9.97 Å². The van der Waals surface area contributed by atoms with Crippen LogP contribution < -0.4 is 0 Å². The van der Waals surface area contributed by atoms with Crippen LogP contribution in [0.25, 0.3) is 44.5 Å². The minimum absolute atomic E-state index is 0.931. The molecule has 0 N–H and O–H groups in total. The number of nitrogens with zero attached hydrogens (tertiary/aromatic N) is 2. The molecule has 2 heteroatoms. The predicted molar refractivity (Wildman–Crippen MR) is 121 cm³/mol. The van der Waals surface area contributed by atoms with E-state index in [0.29, 0.717) is 0 Å². The number of benzene rings is 4. The molecule has 0 atom stereocenters. The molecule has 0 amide bonds. The number of hydrogen-bond donors (Lipinski definition) is 0. The fourth-order valence-electron chi connectivity index (χ4n) is 3.79. The van der Waals surface area contributed by atoms with Crippen molar-refractivity contribution in [3.8, 4) is 33.5 Å². The summed E-state index contributed by atoms with van der Waals surface area (Å²) in [7, 11) is 0. The molecule has 1 aromatic heterocycles. The van der Waals surface area contributed by atoms with Crippen LogP contribution in [0, 0.1) is 6.92 Å². The van der Waals surface area contributed by atoms with Gasteiger partial charge in [-0.1, -0.05) is 103 Å². The zero-order chi connectivity index (χ0) is 19.6. The highest BCUT2D eigenvalue weighted by Crippen LogP contribution is 2.35. The van der Waals surface area contributed by atoms with Gasteiger partial charge in [-0.15, -0.1) is 0 Å². The summed E-state index contributed by atoms with van der Waals surface area (Å²) in [4.78, 5) is 10.2. The van der Waals surface area contributed by atoms with Gasteiger partial charge in [0, 0.05) is 16.7 Å². The standard InChI is InChI=1S/C27H20N2/c1-19-25(22-15-9-4-10-16-22)29-27-24(21-13-7-3-8-14-21)18-17-23(26(27)28-19)20-11-5-2-6-12-20/h2-18H,1H3. The Morgan fingerprint density at radius 2 is 0.862 bits per heavy atom. The summed E-state index contributed by atoms with van der Waals surface area (Å²) >= 11 is 0. The van der Waals surface area contributed by atoms with Gasteiger partial charge in [0.05, 0.1) is 22.4 Å². The molecule has 29 heavy (non-hydrogen) atoms. The second-order valence-electron chi connectivity index (χ2n) is 7.11. The third-order valence-electron chi connectivity index (χ3n) is 5.21. The van der Waals surface area contributed by atoms with E-state index in [4.69, 9.17) is 9.97 Å². The highest BCUT2D eigenvalue weighted by Gasteiger charge is 2.15. The van der Waals surface area contributed by atoms with Crippen molar-refractivity contribution in [2.75, 3.05) is 0 Å². The lowest BCUT2D eigenvalue weighted by Gasteiger charge is -2.14. The molecule has 0 aliphatic carbocycles. The monoisotopic (exact) mass is 372 g/mol. The minimum atomic E-state index is 0.931. The molecule has 5 aromatic rings. The molecule has 1 heterocycles. The van der Waals surface area contributed by atoms with Crippen LogP contribution in [0.4, 0.5) is 0 Å². The summed E-state index contributed by atoms with van der Waals surface area (Å²) in [6.45, 7) is 2.04. The summed E-state index contributed by atoms with van der Waals surface area (Å²) in [6, 6.07) is 35.4. The number of hydrogen-bond acceptors (Lipinski definition) is 2. The van der Waals surface area contributed by atoms with Crippen molar-refractivity contribution < 1.29 is 0 Å². The van der Waals surface area contributed by atoms with Crippen LogP contribution in [0.5, 0.6) is 0 Å². The molecule has 0 radical (unpaired) electrons. The first-order chi connectivity index (χ1) is 14.3. The Bertz CT molecular complexity index is 1280. The van der Waals surface area contributed by atoms with Crippen LogP contribution in [-0.2, 0) is 0 Å². The number of fused-ring (bicyclic) bond motifs is 1. The van der Waals surface area contributed by atoms with E-state index in [9.17, 15) is 0 Å². The molecule has 2 nitrogen and oxygen atoms in total. The van der Waals surface area contributed by atoms with Gasteiger partial charge in [0.15, 0.2) is 0 Å². The fraction of sp³-hybridized carbons (Fsp3) is 0.0370. The maximum absolute atomic E-state index is 5.14. The second kappa shape index (κ2) is 7.33. The zero-order valence-electron chi connectivity index (χ0n) is 16.2. The van der Waals surface area contributed by atoms with Gasteiger partial charge in [0.2, 0.25) is 0 Å². The molecule has 0 aliphatic heterocycles. The van der Waals surface area contributed by atoms with Gasteiger partial charge < -0.3 is 0 Å². The Morgan fingerprint density at radius 1 is 0.448 bits per heavy atom.